The fourth-order valence-electron chi connectivity index (χ4n) is 2.05. The van der Waals surface area contributed by atoms with E-state index < -0.39 is 0 Å². The predicted octanol–water partition coefficient (Wildman–Crippen LogP) is 2.35. The molecule has 1 aromatic heterocycles. The van der Waals surface area contributed by atoms with Gasteiger partial charge < -0.3 is 11.1 Å². The lowest BCUT2D eigenvalue weighted by molar-refractivity contribution is -0.122. The summed E-state index contributed by atoms with van der Waals surface area (Å²) >= 11 is 0. The molecule has 1 amide bonds. The number of nitrogens with two attached hydrogens (primary N) is 1. The van der Waals surface area contributed by atoms with Crippen LogP contribution in [0.5, 0.6) is 0 Å². The fraction of sp³-hybridized carbons (Fsp3) is 0.250. The zero-order valence-corrected chi connectivity index (χ0v) is 11.5. The second-order valence-electron chi connectivity index (χ2n) is 4.79. The van der Waals surface area contributed by atoms with Gasteiger partial charge in [-0.1, -0.05) is 30.3 Å². The van der Waals surface area contributed by atoms with E-state index >= 15 is 0 Å². The minimum atomic E-state index is -0.277. The molecule has 2 atom stereocenters. The molecule has 0 radical (unpaired) electrons. The summed E-state index contributed by atoms with van der Waals surface area (Å²) in [6.07, 6.45) is 3.71. The highest BCUT2D eigenvalue weighted by Crippen LogP contribution is 2.15. The molecular weight excluding hydrogens is 250 g/mol. The zero-order valence-electron chi connectivity index (χ0n) is 11.5. The van der Waals surface area contributed by atoms with E-state index in [-0.39, 0.29) is 24.4 Å². The predicted molar refractivity (Wildman–Crippen MR) is 78.8 cm³/mol. The van der Waals surface area contributed by atoms with Gasteiger partial charge in [-0.25, -0.2) is 0 Å². The van der Waals surface area contributed by atoms with Crippen LogP contribution in [0.2, 0.25) is 0 Å². The molecule has 2 rings (SSSR count). The standard InChI is InChI=1S/C16H19N3O/c1-12(13-7-9-18-10-8-13)19-16(20)11-15(17)14-5-3-2-4-6-14/h2-10,12,15H,11,17H2,1H3,(H,19,20)/t12-,15+/m1/s1. The maximum atomic E-state index is 12.0. The molecule has 2 aromatic rings. The average Bonchev–Trinajstić information content (AvgIpc) is 2.49. The van der Waals surface area contributed by atoms with E-state index in [4.69, 9.17) is 5.73 Å². The molecule has 0 fully saturated rings. The average molecular weight is 269 g/mol. The van der Waals surface area contributed by atoms with Crippen molar-refractivity contribution in [1.82, 2.24) is 10.3 Å². The van der Waals surface area contributed by atoms with Gasteiger partial charge in [0.2, 0.25) is 5.91 Å². The molecule has 0 aliphatic rings. The van der Waals surface area contributed by atoms with Crippen LogP contribution in [0.15, 0.2) is 54.9 Å². The molecule has 0 saturated heterocycles. The van der Waals surface area contributed by atoms with Gasteiger partial charge in [-0.3, -0.25) is 9.78 Å². The molecule has 0 saturated carbocycles. The van der Waals surface area contributed by atoms with Crippen LogP contribution >= 0.6 is 0 Å². The number of carbonyl (C=O) groups excluding carboxylic acids is 1. The molecule has 1 aromatic carbocycles. The third-order valence-corrected chi connectivity index (χ3v) is 3.22. The smallest absolute Gasteiger partial charge is 0.222 e. The Morgan fingerprint density at radius 3 is 2.45 bits per heavy atom. The largest absolute Gasteiger partial charge is 0.350 e. The first-order valence-electron chi connectivity index (χ1n) is 6.66. The Hall–Kier alpha value is -2.20. The normalized spacial score (nSPS) is 13.5. The number of hydrogen-bond donors (Lipinski definition) is 2. The Morgan fingerprint density at radius 1 is 1.15 bits per heavy atom. The van der Waals surface area contributed by atoms with Gasteiger partial charge in [0.15, 0.2) is 0 Å². The summed E-state index contributed by atoms with van der Waals surface area (Å²) < 4.78 is 0. The Bertz CT molecular complexity index is 493. The molecule has 0 aliphatic carbocycles. The Labute approximate surface area is 119 Å². The van der Waals surface area contributed by atoms with Crippen LogP contribution in [0.3, 0.4) is 0 Å². The van der Waals surface area contributed by atoms with Crippen molar-refractivity contribution in [2.45, 2.75) is 25.4 Å². The van der Waals surface area contributed by atoms with Crippen LogP contribution in [0, 0.1) is 0 Å². The van der Waals surface area contributed by atoms with Crippen LogP contribution in [-0.4, -0.2) is 10.9 Å². The van der Waals surface area contributed by atoms with Crippen molar-refractivity contribution < 1.29 is 4.79 Å². The highest BCUT2D eigenvalue weighted by molar-refractivity contribution is 5.77. The lowest BCUT2D eigenvalue weighted by atomic mass is 10.0. The summed E-state index contributed by atoms with van der Waals surface area (Å²) in [5.41, 5.74) is 8.04. The van der Waals surface area contributed by atoms with Gasteiger partial charge in [0.25, 0.3) is 0 Å². The lowest BCUT2D eigenvalue weighted by Gasteiger charge is -2.16. The molecule has 3 N–H and O–H groups in total. The van der Waals surface area contributed by atoms with Crippen LogP contribution in [-0.2, 0) is 4.79 Å². The van der Waals surface area contributed by atoms with Crippen molar-refractivity contribution in [2.75, 3.05) is 0 Å². The monoisotopic (exact) mass is 269 g/mol. The second kappa shape index (κ2) is 6.82. The van der Waals surface area contributed by atoms with E-state index in [1.165, 1.54) is 0 Å². The van der Waals surface area contributed by atoms with E-state index in [1.54, 1.807) is 12.4 Å². The number of nitrogens with zero attached hydrogens (tertiary/aromatic N) is 1. The number of hydrogen-bond acceptors (Lipinski definition) is 3. The number of nitrogens with one attached hydrogen (secondary N) is 1. The minimum absolute atomic E-state index is 0.0477. The summed E-state index contributed by atoms with van der Waals surface area (Å²) in [7, 11) is 0. The maximum Gasteiger partial charge on any atom is 0.222 e. The first-order chi connectivity index (χ1) is 9.66. The zero-order chi connectivity index (χ0) is 14.4. The van der Waals surface area contributed by atoms with Crippen LogP contribution in [0.25, 0.3) is 0 Å². The maximum absolute atomic E-state index is 12.0. The summed E-state index contributed by atoms with van der Waals surface area (Å²) in [4.78, 5) is 16.0. The topological polar surface area (TPSA) is 68.0 Å². The molecule has 0 unspecified atom stereocenters. The Kier molecular flexibility index (Phi) is 4.85. The molecule has 20 heavy (non-hydrogen) atoms. The number of amides is 1. The van der Waals surface area contributed by atoms with Gasteiger partial charge in [-0.15, -0.1) is 0 Å². The van der Waals surface area contributed by atoms with Crippen molar-refractivity contribution in [2.24, 2.45) is 5.73 Å². The highest BCUT2D eigenvalue weighted by Gasteiger charge is 2.14. The number of benzene rings is 1. The fourth-order valence-corrected chi connectivity index (χ4v) is 2.05. The summed E-state index contributed by atoms with van der Waals surface area (Å²) in [6, 6.07) is 13.1. The van der Waals surface area contributed by atoms with E-state index in [9.17, 15) is 4.79 Å². The quantitative estimate of drug-likeness (QED) is 0.875. The Balaban J connectivity index is 1.90. The minimum Gasteiger partial charge on any atom is -0.350 e. The number of aromatic nitrogens is 1. The summed E-state index contributed by atoms with van der Waals surface area (Å²) in [5, 5.41) is 2.95. The number of carbonyl (C=O) groups is 1. The third kappa shape index (κ3) is 3.90. The summed E-state index contributed by atoms with van der Waals surface area (Å²) in [6.45, 7) is 1.95. The second-order valence-corrected chi connectivity index (χ2v) is 4.79. The lowest BCUT2D eigenvalue weighted by Crippen LogP contribution is -2.29. The molecule has 4 nitrogen and oxygen atoms in total. The number of pyridine rings is 1. The van der Waals surface area contributed by atoms with Gasteiger partial charge in [-0.05, 0) is 30.2 Å². The van der Waals surface area contributed by atoms with Gasteiger partial charge in [0.05, 0.1) is 6.04 Å². The van der Waals surface area contributed by atoms with E-state index in [2.05, 4.69) is 10.3 Å². The van der Waals surface area contributed by atoms with Crippen molar-refractivity contribution in [1.29, 1.82) is 0 Å². The first-order valence-corrected chi connectivity index (χ1v) is 6.66. The molecular formula is C16H19N3O. The van der Waals surface area contributed by atoms with Crippen molar-refractivity contribution in [3.05, 3.63) is 66.0 Å². The first kappa shape index (κ1) is 14.2. The molecule has 104 valence electrons. The van der Waals surface area contributed by atoms with Crippen LogP contribution < -0.4 is 11.1 Å². The molecule has 0 aliphatic heterocycles. The van der Waals surface area contributed by atoms with Crippen molar-refractivity contribution in [3.8, 4) is 0 Å². The number of rotatable bonds is 5. The van der Waals surface area contributed by atoms with Crippen LogP contribution in [0.1, 0.15) is 36.6 Å². The molecule has 4 heteroatoms. The highest BCUT2D eigenvalue weighted by atomic mass is 16.1. The van der Waals surface area contributed by atoms with Gasteiger partial charge in [0.1, 0.15) is 0 Å². The van der Waals surface area contributed by atoms with E-state index in [0.29, 0.717) is 0 Å². The van der Waals surface area contributed by atoms with Gasteiger partial charge in [0, 0.05) is 24.9 Å². The van der Waals surface area contributed by atoms with Crippen molar-refractivity contribution in [3.63, 3.8) is 0 Å². The van der Waals surface area contributed by atoms with E-state index in [0.717, 1.165) is 11.1 Å². The van der Waals surface area contributed by atoms with Gasteiger partial charge >= 0.3 is 0 Å². The summed E-state index contributed by atoms with van der Waals surface area (Å²) in [5.74, 6) is -0.0503. The van der Waals surface area contributed by atoms with E-state index in [1.807, 2.05) is 49.4 Å². The van der Waals surface area contributed by atoms with Gasteiger partial charge in [-0.2, -0.15) is 0 Å². The molecule has 0 spiro atoms. The molecule has 1 heterocycles. The van der Waals surface area contributed by atoms with Crippen LogP contribution in [0.4, 0.5) is 0 Å². The Morgan fingerprint density at radius 2 is 1.80 bits per heavy atom. The third-order valence-electron chi connectivity index (χ3n) is 3.22. The SMILES string of the molecule is C[C@@H](NC(=O)C[C@H](N)c1ccccc1)c1ccncc1. The molecule has 0 bridgehead atoms. The van der Waals surface area contributed by atoms with Crippen molar-refractivity contribution >= 4 is 5.91 Å².